The molecule has 2 heterocycles. The Morgan fingerprint density at radius 3 is 2.72 bits per heavy atom. The van der Waals surface area contributed by atoms with Crippen LogP contribution < -0.4 is 11.1 Å². The van der Waals surface area contributed by atoms with Crippen LogP contribution in [0, 0.1) is 5.41 Å². The standard InChI is InChI=1S/C19H33N5O/c20-15-19(10-4-2-5-11-19)14-18(25)21-12-7-9-17-23-22-16-8-3-1-6-13-24(16)17/h1-15,20H2,(H,21,25). The molecule has 6 nitrogen and oxygen atoms in total. The van der Waals surface area contributed by atoms with E-state index >= 15 is 0 Å². The lowest BCUT2D eigenvalue weighted by Crippen LogP contribution is -2.38. The molecule has 3 rings (SSSR count). The van der Waals surface area contributed by atoms with Crippen LogP contribution in [0.15, 0.2) is 0 Å². The number of hydrogen-bond donors (Lipinski definition) is 2. The topological polar surface area (TPSA) is 85.8 Å². The number of carbonyl (C=O) groups excluding carboxylic acids is 1. The minimum absolute atomic E-state index is 0.0483. The number of aryl methyl sites for hydroxylation is 2. The molecule has 6 heteroatoms. The van der Waals surface area contributed by atoms with Gasteiger partial charge in [0.15, 0.2) is 0 Å². The molecule has 0 radical (unpaired) electrons. The summed E-state index contributed by atoms with van der Waals surface area (Å²) in [5, 5.41) is 11.8. The van der Waals surface area contributed by atoms with Gasteiger partial charge in [0.25, 0.3) is 0 Å². The lowest BCUT2D eigenvalue weighted by molar-refractivity contribution is -0.123. The molecule has 3 N–H and O–H groups in total. The molecule has 0 aromatic carbocycles. The maximum atomic E-state index is 12.3. The van der Waals surface area contributed by atoms with E-state index in [4.69, 9.17) is 5.73 Å². The van der Waals surface area contributed by atoms with Crippen molar-refractivity contribution in [3.05, 3.63) is 11.6 Å². The van der Waals surface area contributed by atoms with Crippen LogP contribution in [0.4, 0.5) is 0 Å². The van der Waals surface area contributed by atoms with Crippen LogP contribution in [0.2, 0.25) is 0 Å². The van der Waals surface area contributed by atoms with Crippen molar-refractivity contribution in [2.24, 2.45) is 11.1 Å². The molecule has 0 saturated heterocycles. The normalized spacial score (nSPS) is 19.9. The smallest absolute Gasteiger partial charge is 0.220 e. The Morgan fingerprint density at radius 1 is 1.12 bits per heavy atom. The molecule has 0 spiro atoms. The minimum Gasteiger partial charge on any atom is -0.356 e. The first kappa shape index (κ1) is 18.4. The van der Waals surface area contributed by atoms with Gasteiger partial charge in [-0.2, -0.15) is 0 Å². The van der Waals surface area contributed by atoms with E-state index in [0.29, 0.717) is 19.5 Å². The van der Waals surface area contributed by atoms with Crippen LogP contribution in [-0.4, -0.2) is 33.8 Å². The number of carbonyl (C=O) groups is 1. The molecule has 1 amide bonds. The number of nitrogens with one attached hydrogen (secondary N) is 1. The third-order valence-corrected chi connectivity index (χ3v) is 5.97. The minimum atomic E-state index is 0.0483. The molecule has 1 aliphatic heterocycles. The van der Waals surface area contributed by atoms with E-state index in [-0.39, 0.29) is 11.3 Å². The lowest BCUT2D eigenvalue weighted by atomic mass is 9.71. The largest absolute Gasteiger partial charge is 0.356 e. The fourth-order valence-corrected chi connectivity index (χ4v) is 4.36. The van der Waals surface area contributed by atoms with Gasteiger partial charge in [-0.3, -0.25) is 4.79 Å². The number of nitrogens with zero attached hydrogens (tertiary/aromatic N) is 3. The van der Waals surface area contributed by atoms with Gasteiger partial charge in [-0.1, -0.05) is 25.7 Å². The SMILES string of the molecule is NCC1(CC(=O)NCCCc2nnc3n2CCCCC3)CCCCC1. The van der Waals surface area contributed by atoms with Gasteiger partial charge < -0.3 is 15.6 Å². The van der Waals surface area contributed by atoms with Gasteiger partial charge in [0.2, 0.25) is 5.91 Å². The van der Waals surface area contributed by atoms with Crippen molar-refractivity contribution in [1.29, 1.82) is 0 Å². The number of rotatable bonds is 7. The Labute approximate surface area is 151 Å². The van der Waals surface area contributed by atoms with Crippen LogP contribution in [-0.2, 0) is 24.2 Å². The zero-order chi connectivity index (χ0) is 17.5. The summed E-state index contributed by atoms with van der Waals surface area (Å²) >= 11 is 0. The number of aromatic nitrogens is 3. The van der Waals surface area contributed by atoms with Crippen LogP contribution in [0.25, 0.3) is 0 Å². The van der Waals surface area contributed by atoms with E-state index in [1.807, 2.05) is 0 Å². The van der Waals surface area contributed by atoms with Gasteiger partial charge in [-0.15, -0.1) is 10.2 Å². The predicted octanol–water partition coefficient (Wildman–Crippen LogP) is 2.35. The molecule has 2 aliphatic rings. The van der Waals surface area contributed by atoms with E-state index in [0.717, 1.165) is 50.3 Å². The Kier molecular flexibility index (Phi) is 6.45. The maximum absolute atomic E-state index is 12.3. The molecule has 25 heavy (non-hydrogen) atoms. The second kappa shape index (κ2) is 8.79. The Hall–Kier alpha value is -1.43. The predicted molar refractivity (Wildman–Crippen MR) is 98.1 cm³/mol. The van der Waals surface area contributed by atoms with E-state index in [1.54, 1.807) is 0 Å². The second-order valence-electron chi connectivity index (χ2n) is 7.89. The van der Waals surface area contributed by atoms with Gasteiger partial charge in [0.05, 0.1) is 0 Å². The highest BCUT2D eigenvalue weighted by molar-refractivity contribution is 5.76. The van der Waals surface area contributed by atoms with E-state index in [2.05, 4.69) is 20.1 Å². The maximum Gasteiger partial charge on any atom is 0.220 e. The highest BCUT2D eigenvalue weighted by atomic mass is 16.1. The van der Waals surface area contributed by atoms with E-state index in [9.17, 15) is 4.79 Å². The number of fused-ring (bicyclic) bond motifs is 1. The molecule has 1 aliphatic carbocycles. The van der Waals surface area contributed by atoms with Gasteiger partial charge >= 0.3 is 0 Å². The van der Waals surface area contributed by atoms with E-state index < -0.39 is 0 Å². The third-order valence-electron chi connectivity index (χ3n) is 5.97. The molecule has 0 unspecified atom stereocenters. The van der Waals surface area contributed by atoms with Gasteiger partial charge in [-0.25, -0.2) is 0 Å². The molecule has 1 aromatic heterocycles. The molecule has 1 saturated carbocycles. The molecule has 140 valence electrons. The number of amides is 1. The summed E-state index contributed by atoms with van der Waals surface area (Å²) in [6.45, 7) is 2.39. The summed E-state index contributed by atoms with van der Waals surface area (Å²) in [5.41, 5.74) is 6.03. The zero-order valence-electron chi connectivity index (χ0n) is 15.4. The zero-order valence-corrected chi connectivity index (χ0v) is 15.4. The second-order valence-corrected chi connectivity index (χ2v) is 7.89. The summed E-state index contributed by atoms with van der Waals surface area (Å²) in [5.74, 6) is 2.38. The average molecular weight is 348 g/mol. The van der Waals surface area contributed by atoms with E-state index in [1.165, 1.54) is 38.5 Å². The Bertz CT molecular complexity index is 562. The van der Waals surface area contributed by atoms with Crippen LogP contribution in [0.3, 0.4) is 0 Å². The Balaban J connectivity index is 1.41. The quantitative estimate of drug-likeness (QED) is 0.741. The van der Waals surface area contributed by atoms with Gasteiger partial charge in [0.1, 0.15) is 11.6 Å². The molecular formula is C19H33N5O. The van der Waals surface area contributed by atoms with Crippen molar-refractivity contribution in [3.63, 3.8) is 0 Å². The summed E-state index contributed by atoms with van der Waals surface area (Å²) in [7, 11) is 0. The van der Waals surface area contributed by atoms with Crippen molar-refractivity contribution in [2.75, 3.05) is 13.1 Å². The van der Waals surface area contributed by atoms with Crippen molar-refractivity contribution in [2.45, 2.75) is 83.6 Å². The van der Waals surface area contributed by atoms with Crippen LogP contribution in [0.5, 0.6) is 0 Å². The highest BCUT2D eigenvalue weighted by Crippen LogP contribution is 2.38. The average Bonchev–Trinajstić information content (AvgIpc) is 2.86. The van der Waals surface area contributed by atoms with Crippen molar-refractivity contribution in [1.82, 2.24) is 20.1 Å². The third kappa shape index (κ3) is 4.81. The van der Waals surface area contributed by atoms with Gasteiger partial charge in [0, 0.05) is 32.4 Å². The molecule has 0 atom stereocenters. The summed E-state index contributed by atoms with van der Waals surface area (Å²) < 4.78 is 2.29. The first-order chi connectivity index (χ1) is 12.2. The number of nitrogens with two attached hydrogens (primary N) is 1. The highest BCUT2D eigenvalue weighted by Gasteiger charge is 2.32. The summed E-state index contributed by atoms with van der Waals surface area (Å²) in [4.78, 5) is 12.3. The van der Waals surface area contributed by atoms with Crippen LogP contribution in [0.1, 0.15) is 75.9 Å². The van der Waals surface area contributed by atoms with Gasteiger partial charge in [-0.05, 0) is 44.1 Å². The molecule has 0 bridgehead atoms. The summed E-state index contributed by atoms with van der Waals surface area (Å²) in [6.07, 6.45) is 13.1. The molecule has 1 aromatic rings. The fourth-order valence-electron chi connectivity index (χ4n) is 4.36. The number of hydrogen-bond acceptors (Lipinski definition) is 4. The van der Waals surface area contributed by atoms with Crippen molar-refractivity contribution >= 4 is 5.91 Å². The molecule has 1 fully saturated rings. The first-order valence-corrected chi connectivity index (χ1v) is 10.1. The fraction of sp³-hybridized carbons (Fsp3) is 0.842. The lowest BCUT2D eigenvalue weighted by Gasteiger charge is -2.35. The summed E-state index contributed by atoms with van der Waals surface area (Å²) in [6, 6.07) is 0. The van der Waals surface area contributed by atoms with Crippen molar-refractivity contribution in [3.8, 4) is 0 Å². The Morgan fingerprint density at radius 2 is 1.92 bits per heavy atom. The molecular weight excluding hydrogens is 314 g/mol. The first-order valence-electron chi connectivity index (χ1n) is 10.1. The monoisotopic (exact) mass is 347 g/mol. The van der Waals surface area contributed by atoms with Crippen LogP contribution >= 0.6 is 0 Å². The van der Waals surface area contributed by atoms with Crippen molar-refractivity contribution < 1.29 is 4.79 Å².